The van der Waals surface area contributed by atoms with Crippen molar-refractivity contribution < 1.29 is 228 Å². The van der Waals surface area contributed by atoms with E-state index in [-0.39, 0.29) is 0 Å². The fourth-order valence-corrected chi connectivity index (χ4v) is 13.9. The van der Waals surface area contributed by atoms with Crippen molar-refractivity contribution in [1.29, 1.82) is 0 Å². The molecular formula is C60H101N3O46. The Kier molecular flexibility index (Phi) is 32.1. The van der Waals surface area contributed by atoms with Crippen LogP contribution in [-0.2, 0) is 94.9 Å². The lowest BCUT2D eigenvalue weighted by atomic mass is 9.93. The van der Waals surface area contributed by atoms with E-state index in [1.54, 1.807) is 0 Å². The molecule has 9 fully saturated rings. The number of nitrogens with one attached hydrogen (secondary N) is 3. The van der Waals surface area contributed by atoms with E-state index in [0.717, 1.165) is 20.8 Å². The fraction of sp³-hybridized carbons (Fsp3) is 0.950. The van der Waals surface area contributed by atoms with Gasteiger partial charge in [0.25, 0.3) is 0 Å². The predicted molar refractivity (Wildman–Crippen MR) is 332 cm³/mol. The first-order valence-corrected chi connectivity index (χ1v) is 34.6. The minimum Gasteiger partial charge on any atom is -0.394 e. The molecule has 109 heavy (non-hydrogen) atoms. The van der Waals surface area contributed by atoms with Crippen LogP contribution in [-0.4, -0.2) is 486 Å². The Bertz CT molecular complexity index is 2840. The maximum absolute atomic E-state index is 13.0. The van der Waals surface area contributed by atoms with E-state index in [1.165, 1.54) is 0 Å². The van der Waals surface area contributed by atoms with Gasteiger partial charge < -0.3 is 229 Å². The maximum atomic E-state index is 13.0. The lowest BCUT2D eigenvalue weighted by Gasteiger charge is -2.51. The van der Waals surface area contributed by atoms with Gasteiger partial charge >= 0.3 is 0 Å². The number of rotatable bonds is 28. The van der Waals surface area contributed by atoms with E-state index < -0.39 is 353 Å². The Morgan fingerprint density at radius 3 is 0.982 bits per heavy atom. The summed E-state index contributed by atoms with van der Waals surface area (Å²) in [6.07, 6.45) is -88.0. The van der Waals surface area contributed by atoms with Crippen LogP contribution < -0.4 is 16.0 Å². The molecule has 632 valence electrons. The molecule has 9 heterocycles. The summed E-state index contributed by atoms with van der Waals surface area (Å²) in [6.45, 7) is -6.81. The largest absolute Gasteiger partial charge is 0.394 e. The molecule has 0 radical (unpaired) electrons. The molecule has 0 aromatic heterocycles. The molecule has 45 atom stereocenters. The number of carbonyl (C=O) groups is 3. The van der Waals surface area contributed by atoms with Gasteiger partial charge in [0, 0.05) is 20.8 Å². The summed E-state index contributed by atoms with van der Waals surface area (Å²) < 4.78 is 99.6. The number of aliphatic hydroxyl groups excluding tert-OH is 26. The molecule has 49 nitrogen and oxygen atoms in total. The molecule has 9 aliphatic heterocycles. The van der Waals surface area contributed by atoms with Crippen molar-refractivity contribution in [2.45, 2.75) is 297 Å². The number of hydrogen-bond donors (Lipinski definition) is 29. The molecule has 9 aliphatic rings. The molecule has 3 amide bonds. The van der Waals surface area contributed by atoms with Crippen molar-refractivity contribution in [3.8, 4) is 0 Å². The summed E-state index contributed by atoms with van der Waals surface area (Å²) in [7, 11) is 0. The molecule has 0 unspecified atom stereocenters. The third-order valence-corrected chi connectivity index (χ3v) is 19.9. The maximum Gasteiger partial charge on any atom is 0.217 e. The zero-order chi connectivity index (χ0) is 80.2. The third kappa shape index (κ3) is 19.7. The minimum atomic E-state index is -2.58. The second kappa shape index (κ2) is 39.1. The normalized spacial score (nSPS) is 50.0. The van der Waals surface area contributed by atoms with Crippen molar-refractivity contribution in [1.82, 2.24) is 16.0 Å². The fourth-order valence-electron chi connectivity index (χ4n) is 13.9. The van der Waals surface area contributed by atoms with Gasteiger partial charge in [0.2, 0.25) is 17.7 Å². The van der Waals surface area contributed by atoms with Crippen molar-refractivity contribution in [3.63, 3.8) is 0 Å². The van der Waals surface area contributed by atoms with E-state index in [0.29, 0.717) is 0 Å². The topological polar surface area (TPSA) is 770 Å². The molecule has 0 saturated carbocycles. The van der Waals surface area contributed by atoms with Gasteiger partial charge in [-0.25, -0.2) is 0 Å². The molecule has 9 rings (SSSR count). The van der Waals surface area contributed by atoms with Crippen LogP contribution in [0.15, 0.2) is 0 Å². The Hall–Kier alpha value is -3.31. The van der Waals surface area contributed by atoms with Gasteiger partial charge in [0.15, 0.2) is 56.6 Å². The zero-order valence-electron chi connectivity index (χ0n) is 58.1. The Morgan fingerprint density at radius 2 is 0.514 bits per heavy atom. The lowest BCUT2D eigenvalue weighted by molar-refractivity contribution is -0.398. The number of ether oxygens (including phenoxy) is 17. The molecule has 49 heteroatoms. The van der Waals surface area contributed by atoms with Crippen LogP contribution in [0.5, 0.6) is 0 Å². The van der Waals surface area contributed by atoms with Gasteiger partial charge in [-0.2, -0.15) is 0 Å². The number of aliphatic hydroxyl groups is 26. The highest BCUT2D eigenvalue weighted by Gasteiger charge is 2.61. The first kappa shape index (κ1) is 89.6. The van der Waals surface area contributed by atoms with Crippen molar-refractivity contribution in [2.24, 2.45) is 0 Å². The predicted octanol–water partition coefficient (Wildman–Crippen LogP) is -20.2. The van der Waals surface area contributed by atoms with E-state index in [9.17, 15) is 147 Å². The standard InChI is InChI=1S/C60H101N3O46/c1-13(71)61-25-35(81)46(21(9-69)95-52(25)92)104-53-26(62-14(2)72)36(82)47(22(10-70)101-53)105-59-45(91)50(108-60-51(40(86)31(77)19(7-67)100-60)109-54-27(63-15(3)73)48(32(78)20(8-68)96-54)106-57-42(88)38(84)29(75)17(5-65)98-57)34(80)24(103-59)12-94-56-44(90)49(107-58-43(89)39(85)30(76)18(6-66)99-58)33(79)23(102-56)11-93-55-41(87)37(83)28(74)16(4-64)97-55/h16-60,64-70,74-92H,4-12H2,1-3H3,(H,61,71)(H,62,72)(H,63,73)/t16-,17-,18-,19-,20-,21-,22-,23-,24-,25-,26-,27-,28-,29+,30-,31-,32-,33-,34-,35-,36-,37+,38+,39+,40+,41+,42-,43+,44+,45+,46-,47-,48-,49+,50+,51+,52-,53+,54+,55+,56+,57+,58-,59+,60-/m1/s1. The summed E-state index contributed by atoms with van der Waals surface area (Å²) in [5, 5.41) is 294. The van der Waals surface area contributed by atoms with Gasteiger partial charge in [-0.05, 0) is 0 Å². The van der Waals surface area contributed by atoms with Crippen LogP contribution >= 0.6 is 0 Å². The van der Waals surface area contributed by atoms with Crippen LogP contribution in [0.25, 0.3) is 0 Å². The Morgan fingerprint density at radius 1 is 0.239 bits per heavy atom. The van der Waals surface area contributed by atoms with Gasteiger partial charge in [-0.15, -0.1) is 0 Å². The monoisotopic (exact) mass is 1600 g/mol. The second-order valence-electron chi connectivity index (χ2n) is 27.5. The SMILES string of the molecule is CC(=O)N[C@@H]1[C@@H](O)[C@H](O[C@@H]2O[C@H](CO)[C@@H](O[C@@H]3O[C@H](CO[C@H]4O[C@H](CO[C@H]5O[C@H](CO)[C@@H](O)[C@H](O)[C@@H]5O)[C@@H](O)[C@H](O[C@H]5O[C@H](CO)[C@@H](O)[C@H](O)[C@@H]5O)[C@@H]4O)[C@@H](O)[C@H](O[C@H]4O[C@H](CO)[C@@H](O)[C@H](O)[C@@H]4O[C@@H]4O[C@H](CO)[C@@H](O)[C@H](O[C@@H]5O[C@H](CO)[C@H](O)[C@H](O)[C@H]5O)[C@H]4NC(C)=O)[C@@H]3O)[C@H](O)[C@H]2NC(C)=O)[C@@H](CO)O[C@H]1O. The highest BCUT2D eigenvalue weighted by atomic mass is 16.8. The van der Waals surface area contributed by atoms with Crippen LogP contribution in [0.1, 0.15) is 20.8 Å². The molecule has 0 spiro atoms. The number of amides is 3. The quantitative estimate of drug-likeness (QED) is 0.0346. The molecule has 0 aromatic carbocycles. The summed E-state index contributed by atoms with van der Waals surface area (Å²) in [4.78, 5) is 38.1. The van der Waals surface area contributed by atoms with E-state index in [2.05, 4.69) is 16.0 Å². The molecular weight excluding hydrogens is 1500 g/mol. The van der Waals surface area contributed by atoms with Gasteiger partial charge in [0.05, 0.1) is 59.5 Å². The molecule has 9 saturated heterocycles. The van der Waals surface area contributed by atoms with Crippen molar-refractivity contribution in [3.05, 3.63) is 0 Å². The van der Waals surface area contributed by atoms with Crippen LogP contribution in [0, 0.1) is 0 Å². The summed E-state index contributed by atoms with van der Waals surface area (Å²) >= 11 is 0. The Balaban J connectivity index is 1.07. The highest BCUT2D eigenvalue weighted by molar-refractivity contribution is 5.74. The van der Waals surface area contributed by atoms with Crippen LogP contribution in [0.2, 0.25) is 0 Å². The van der Waals surface area contributed by atoms with Gasteiger partial charge in [-0.3, -0.25) is 14.4 Å². The number of hydrogen-bond acceptors (Lipinski definition) is 46. The molecule has 29 N–H and O–H groups in total. The summed E-state index contributed by atoms with van der Waals surface area (Å²) in [5.41, 5.74) is 0. The van der Waals surface area contributed by atoms with Crippen LogP contribution in [0.4, 0.5) is 0 Å². The average molecular weight is 1600 g/mol. The smallest absolute Gasteiger partial charge is 0.217 e. The first-order valence-electron chi connectivity index (χ1n) is 34.6. The van der Waals surface area contributed by atoms with E-state index in [1.807, 2.05) is 0 Å². The Labute approximate surface area is 616 Å². The van der Waals surface area contributed by atoms with E-state index in [4.69, 9.17) is 80.5 Å². The third-order valence-electron chi connectivity index (χ3n) is 19.9. The zero-order valence-corrected chi connectivity index (χ0v) is 58.1. The van der Waals surface area contributed by atoms with Gasteiger partial charge in [0.1, 0.15) is 220 Å². The average Bonchev–Trinajstić information content (AvgIpc) is 0.763. The van der Waals surface area contributed by atoms with E-state index >= 15 is 0 Å². The summed E-state index contributed by atoms with van der Waals surface area (Å²) in [6, 6.07) is -5.52. The van der Waals surface area contributed by atoms with Gasteiger partial charge in [-0.1, -0.05) is 0 Å². The summed E-state index contributed by atoms with van der Waals surface area (Å²) in [5.74, 6) is -2.70. The highest BCUT2D eigenvalue weighted by Crippen LogP contribution is 2.40. The number of carbonyl (C=O) groups excluding carboxylic acids is 3. The lowest BCUT2D eigenvalue weighted by Crippen LogP contribution is -2.71. The second-order valence-corrected chi connectivity index (χ2v) is 27.5. The minimum absolute atomic E-state index is 0.789. The molecule has 0 aromatic rings. The van der Waals surface area contributed by atoms with Crippen LogP contribution in [0.3, 0.4) is 0 Å². The molecule has 0 bridgehead atoms. The van der Waals surface area contributed by atoms with Crippen molar-refractivity contribution >= 4 is 17.7 Å². The molecule has 0 aliphatic carbocycles. The van der Waals surface area contributed by atoms with Crippen molar-refractivity contribution in [2.75, 3.05) is 59.5 Å². The first-order chi connectivity index (χ1) is 51.6.